The molecule has 0 saturated heterocycles. The maximum Gasteiger partial charge on any atom is 0.311 e. The van der Waals surface area contributed by atoms with Crippen LogP contribution >= 0.6 is 0 Å². The van der Waals surface area contributed by atoms with Gasteiger partial charge in [0.15, 0.2) is 0 Å². The van der Waals surface area contributed by atoms with Gasteiger partial charge in [0.05, 0.1) is 5.41 Å². The van der Waals surface area contributed by atoms with Gasteiger partial charge in [0.1, 0.15) is 5.69 Å². The molecule has 1 amide bonds. The van der Waals surface area contributed by atoms with E-state index in [1.807, 2.05) is 16.8 Å². The van der Waals surface area contributed by atoms with Crippen molar-refractivity contribution in [2.45, 2.75) is 52.1 Å². The summed E-state index contributed by atoms with van der Waals surface area (Å²) in [7, 11) is 0. The zero-order chi connectivity index (χ0) is 14.8. The molecule has 0 aliphatic heterocycles. The topological polar surface area (TPSA) is 71.3 Å². The summed E-state index contributed by atoms with van der Waals surface area (Å²) >= 11 is 0. The first-order chi connectivity index (χ1) is 9.49. The van der Waals surface area contributed by atoms with Gasteiger partial charge < -0.3 is 15.0 Å². The number of aromatic nitrogens is 1. The molecule has 1 aliphatic rings. The van der Waals surface area contributed by atoms with E-state index in [1.54, 1.807) is 13.0 Å². The third kappa shape index (κ3) is 2.57. The molecule has 5 heteroatoms. The lowest BCUT2D eigenvalue weighted by Crippen LogP contribution is -2.47. The number of carboxylic acids is 1. The Morgan fingerprint density at radius 1 is 1.55 bits per heavy atom. The van der Waals surface area contributed by atoms with Gasteiger partial charge >= 0.3 is 5.97 Å². The fraction of sp³-hybridized carbons (Fsp3) is 0.600. The van der Waals surface area contributed by atoms with E-state index in [4.69, 9.17) is 0 Å². The van der Waals surface area contributed by atoms with E-state index < -0.39 is 11.4 Å². The van der Waals surface area contributed by atoms with Crippen molar-refractivity contribution >= 4 is 11.9 Å². The predicted molar refractivity (Wildman–Crippen MR) is 75.6 cm³/mol. The smallest absolute Gasteiger partial charge is 0.311 e. The van der Waals surface area contributed by atoms with Gasteiger partial charge in [0, 0.05) is 18.8 Å². The van der Waals surface area contributed by atoms with E-state index in [0.717, 1.165) is 25.8 Å². The second-order valence-electron chi connectivity index (χ2n) is 5.73. The van der Waals surface area contributed by atoms with E-state index in [2.05, 4.69) is 12.2 Å². The summed E-state index contributed by atoms with van der Waals surface area (Å²) in [6.07, 6.45) is 5.00. The Morgan fingerprint density at radius 3 is 2.95 bits per heavy atom. The monoisotopic (exact) mass is 278 g/mol. The molecule has 0 spiro atoms. The Labute approximate surface area is 119 Å². The zero-order valence-corrected chi connectivity index (χ0v) is 12.1. The summed E-state index contributed by atoms with van der Waals surface area (Å²) in [4.78, 5) is 23.8. The second kappa shape index (κ2) is 5.69. The molecule has 2 unspecified atom stereocenters. The SMILES string of the molecule is CCCn1cccc1C(=O)NC1CCCC1(C)C(=O)O. The summed E-state index contributed by atoms with van der Waals surface area (Å²) in [5.41, 5.74) is -0.246. The quantitative estimate of drug-likeness (QED) is 0.868. The number of aliphatic carboxylic acids is 1. The molecule has 1 aliphatic carbocycles. The number of carbonyl (C=O) groups is 2. The second-order valence-corrected chi connectivity index (χ2v) is 5.73. The number of nitrogens with one attached hydrogen (secondary N) is 1. The van der Waals surface area contributed by atoms with Crippen LogP contribution < -0.4 is 5.32 Å². The minimum absolute atomic E-state index is 0.178. The molecule has 2 N–H and O–H groups in total. The minimum Gasteiger partial charge on any atom is -0.481 e. The van der Waals surface area contributed by atoms with Crippen molar-refractivity contribution in [1.29, 1.82) is 0 Å². The normalized spacial score (nSPS) is 25.6. The number of amides is 1. The molecule has 1 fully saturated rings. The molecule has 0 bridgehead atoms. The number of aryl methyl sites for hydroxylation is 1. The molecular formula is C15H22N2O3. The van der Waals surface area contributed by atoms with Gasteiger partial charge in [-0.25, -0.2) is 0 Å². The lowest BCUT2D eigenvalue weighted by molar-refractivity contribution is -0.148. The molecule has 1 aromatic rings. The average Bonchev–Trinajstić information content (AvgIpc) is 2.98. The van der Waals surface area contributed by atoms with E-state index in [0.29, 0.717) is 12.1 Å². The summed E-state index contributed by atoms with van der Waals surface area (Å²) < 4.78 is 1.91. The Kier molecular flexibility index (Phi) is 4.16. The highest BCUT2D eigenvalue weighted by Gasteiger charge is 2.46. The summed E-state index contributed by atoms with van der Waals surface area (Å²) in [5, 5.41) is 12.3. The maximum absolute atomic E-state index is 12.3. The Bertz CT molecular complexity index is 509. The Hall–Kier alpha value is -1.78. The summed E-state index contributed by atoms with van der Waals surface area (Å²) in [6, 6.07) is 3.32. The molecule has 1 saturated carbocycles. The van der Waals surface area contributed by atoms with Crippen molar-refractivity contribution in [3.8, 4) is 0 Å². The van der Waals surface area contributed by atoms with Crippen molar-refractivity contribution in [3.63, 3.8) is 0 Å². The number of hydrogen-bond donors (Lipinski definition) is 2. The van der Waals surface area contributed by atoms with Crippen molar-refractivity contribution in [1.82, 2.24) is 9.88 Å². The van der Waals surface area contributed by atoms with Gasteiger partial charge in [-0.15, -0.1) is 0 Å². The molecule has 20 heavy (non-hydrogen) atoms. The van der Waals surface area contributed by atoms with Crippen LogP contribution in [0.25, 0.3) is 0 Å². The van der Waals surface area contributed by atoms with E-state index in [9.17, 15) is 14.7 Å². The first-order valence-corrected chi connectivity index (χ1v) is 7.18. The average molecular weight is 278 g/mol. The Balaban J connectivity index is 2.11. The molecule has 1 heterocycles. The van der Waals surface area contributed by atoms with Crippen molar-refractivity contribution in [2.24, 2.45) is 5.41 Å². The zero-order valence-electron chi connectivity index (χ0n) is 12.1. The highest BCUT2D eigenvalue weighted by Crippen LogP contribution is 2.38. The van der Waals surface area contributed by atoms with Gasteiger partial charge in [-0.2, -0.15) is 0 Å². The van der Waals surface area contributed by atoms with Crippen LogP contribution in [0, 0.1) is 5.41 Å². The van der Waals surface area contributed by atoms with Gasteiger partial charge in [-0.05, 0) is 38.3 Å². The molecule has 0 radical (unpaired) electrons. The van der Waals surface area contributed by atoms with Crippen LogP contribution in [0.5, 0.6) is 0 Å². The van der Waals surface area contributed by atoms with Crippen LogP contribution in [0.15, 0.2) is 18.3 Å². The van der Waals surface area contributed by atoms with Crippen LogP contribution in [-0.4, -0.2) is 27.6 Å². The number of hydrogen-bond acceptors (Lipinski definition) is 2. The van der Waals surface area contributed by atoms with Gasteiger partial charge in [-0.3, -0.25) is 9.59 Å². The van der Waals surface area contributed by atoms with Crippen LogP contribution in [0.1, 0.15) is 50.0 Å². The minimum atomic E-state index is -0.849. The number of carboxylic acid groups (broad SMARTS) is 1. The van der Waals surface area contributed by atoms with Crippen molar-refractivity contribution in [2.75, 3.05) is 0 Å². The highest BCUT2D eigenvalue weighted by atomic mass is 16.4. The fourth-order valence-corrected chi connectivity index (χ4v) is 2.94. The molecule has 2 rings (SSSR count). The van der Waals surface area contributed by atoms with Crippen LogP contribution in [0.3, 0.4) is 0 Å². The van der Waals surface area contributed by atoms with E-state index in [-0.39, 0.29) is 11.9 Å². The van der Waals surface area contributed by atoms with Crippen LogP contribution in [0.2, 0.25) is 0 Å². The third-order valence-electron chi connectivity index (χ3n) is 4.28. The fourth-order valence-electron chi connectivity index (χ4n) is 2.94. The first-order valence-electron chi connectivity index (χ1n) is 7.18. The van der Waals surface area contributed by atoms with E-state index >= 15 is 0 Å². The molecule has 110 valence electrons. The molecule has 0 aromatic carbocycles. The van der Waals surface area contributed by atoms with Crippen molar-refractivity contribution < 1.29 is 14.7 Å². The third-order valence-corrected chi connectivity index (χ3v) is 4.28. The maximum atomic E-state index is 12.3. The number of rotatable bonds is 5. The molecule has 5 nitrogen and oxygen atoms in total. The van der Waals surface area contributed by atoms with Crippen LogP contribution in [-0.2, 0) is 11.3 Å². The highest BCUT2D eigenvalue weighted by molar-refractivity contribution is 5.93. The lowest BCUT2D eigenvalue weighted by atomic mass is 9.85. The van der Waals surface area contributed by atoms with Crippen molar-refractivity contribution in [3.05, 3.63) is 24.0 Å². The number of nitrogens with zero attached hydrogens (tertiary/aromatic N) is 1. The summed E-state index contributed by atoms with van der Waals surface area (Å²) in [6.45, 7) is 4.56. The number of carbonyl (C=O) groups excluding carboxylic acids is 1. The summed E-state index contributed by atoms with van der Waals surface area (Å²) in [5.74, 6) is -1.01. The predicted octanol–water partition coefficient (Wildman–Crippen LogP) is 2.27. The largest absolute Gasteiger partial charge is 0.481 e. The van der Waals surface area contributed by atoms with E-state index in [1.165, 1.54) is 0 Å². The van der Waals surface area contributed by atoms with Crippen LogP contribution in [0.4, 0.5) is 0 Å². The van der Waals surface area contributed by atoms with Gasteiger partial charge in [0.25, 0.3) is 5.91 Å². The Morgan fingerprint density at radius 2 is 2.30 bits per heavy atom. The lowest BCUT2D eigenvalue weighted by Gasteiger charge is -2.27. The standard InChI is InChI=1S/C15H22N2O3/c1-3-9-17-10-5-6-11(17)13(18)16-12-7-4-8-15(12,2)14(19)20/h5-6,10,12H,3-4,7-9H2,1-2H3,(H,16,18)(H,19,20). The van der Waals surface area contributed by atoms with Gasteiger partial charge in [-0.1, -0.05) is 13.3 Å². The molecule has 1 aromatic heterocycles. The van der Waals surface area contributed by atoms with Gasteiger partial charge in [0.2, 0.25) is 0 Å². The first kappa shape index (κ1) is 14.6. The molecule has 2 atom stereocenters. The molecular weight excluding hydrogens is 256 g/mol.